The Morgan fingerprint density at radius 1 is 1.36 bits per heavy atom. The van der Waals surface area contributed by atoms with Gasteiger partial charge in [-0.1, -0.05) is 0 Å². The van der Waals surface area contributed by atoms with Gasteiger partial charge in [0.05, 0.1) is 0 Å². The molecule has 2 nitrogen and oxygen atoms in total. The molecule has 0 aliphatic rings. The van der Waals surface area contributed by atoms with E-state index in [1.807, 2.05) is 6.07 Å². The molecule has 0 aliphatic heterocycles. The summed E-state index contributed by atoms with van der Waals surface area (Å²) in [6.07, 6.45) is 0. The molecular formula is C8H2N2S. The second kappa shape index (κ2) is 3.42. The summed E-state index contributed by atoms with van der Waals surface area (Å²) in [4.78, 5) is 0.618. The van der Waals surface area contributed by atoms with Gasteiger partial charge >= 0.3 is 0 Å². The topological polar surface area (TPSA) is 47.6 Å². The van der Waals surface area contributed by atoms with Crippen molar-refractivity contribution in [3.8, 4) is 24.0 Å². The van der Waals surface area contributed by atoms with E-state index in [0.29, 0.717) is 4.88 Å². The maximum absolute atomic E-state index is 8.42. The highest BCUT2D eigenvalue weighted by Crippen LogP contribution is 2.11. The second-order valence-electron chi connectivity index (χ2n) is 1.67. The highest BCUT2D eigenvalue weighted by atomic mass is 32.1. The van der Waals surface area contributed by atoms with Crippen molar-refractivity contribution < 1.29 is 0 Å². The molecule has 0 saturated heterocycles. The third-order valence-electron chi connectivity index (χ3n) is 0.972. The molecule has 0 fully saturated rings. The lowest BCUT2D eigenvalue weighted by atomic mass is 10.3. The number of thiophene rings is 1. The maximum Gasteiger partial charge on any atom is 0.152 e. The van der Waals surface area contributed by atoms with Crippen molar-refractivity contribution in [1.29, 1.82) is 10.5 Å². The van der Waals surface area contributed by atoms with E-state index in [2.05, 4.69) is 11.8 Å². The Hall–Kier alpha value is -1.76. The monoisotopic (exact) mass is 158 g/mol. The zero-order chi connectivity index (χ0) is 8.10. The number of hydrogen-bond acceptors (Lipinski definition) is 3. The van der Waals surface area contributed by atoms with E-state index in [0.717, 1.165) is 5.56 Å². The molecule has 0 atom stereocenters. The lowest BCUT2D eigenvalue weighted by Gasteiger charge is -1.70. The molecule has 0 unspecified atom stereocenters. The Morgan fingerprint density at radius 2 is 2.18 bits per heavy atom. The normalized spacial score (nSPS) is 7.09. The standard InChI is InChI=1S/C8H2N2S/c9-3-1-2-7-4-8(5-10)11-6-7/h4,6H. The fourth-order valence-corrected chi connectivity index (χ4v) is 1.19. The van der Waals surface area contributed by atoms with Crippen molar-refractivity contribution in [3.63, 3.8) is 0 Å². The Labute approximate surface area is 68.3 Å². The van der Waals surface area contributed by atoms with E-state index in [-0.39, 0.29) is 0 Å². The Kier molecular flexibility index (Phi) is 2.28. The molecule has 50 valence electrons. The summed E-state index contributed by atoms with van der Waals surface area (Å²) in [5.41, 5.74) is 0.730. The van der Waals surface area contributed by atoms with Crippen LogP contribution in [0.1, 0.15) is 10.4 Å². The van der Waals surface area contributed by atoms with E-state index in [1.165, 1.54) is 11.3 Å². The Balaban J connectivity index is 2.94. The van der Waals surface area contributed by atoms with Gasteiger partial charge in [0.1, 0.15) is 10.9 Å². The summed E-state index contributed by atoms with van der Waals surface area (Å²) >= 11 is 1.33. The van der Waals surface area contributed by atoms with Crippen LogP contribution in [-0.2, 0) is 0 Å². The highest BCUT2D eigenvalue weighted by Gasteiger charge is 1.93. The lowest BCUT2D eigenvalue weighted by molar-refractivity contribution is 1.52. The van der Waals surface area contributed by atoms with E-state index in [4.69, 9.17) is 10.5 Å². The zero-order valence-electron chi connectivity index (χ0n) is 5.46. The molecule has 0 amide bonds. The van der Waals surface area contributed by atoms with Crippen molar-refractivity contribution in [3.05, 3.63) is 21.9 Å². The average molecular weight is 158 g/mol. The van der Waals surface area contributed by atoms with Crippen LogP contribution in [0.15, 0.2) is 11.4 Å². The van der Waals surface area contributed by atoms with Gasteiger partial charge in [-0.05, 0) is 12.0 Å². The SMILES string of the molecule is N#CC#Cc1csc(C#N)c1. The summed E-state index contributed by atoms with van der Waals surface area (Å²) in [5.74, 6) is 4.85. The number of nitriles is 2. The first-order valence-electron chi connectivity index (χ1n) is 2.75. The molecule has 1 aromatic heterocycles. The largest absolute Gasteiger partial charge is 0.192 e. The molecule has 0 spiro atoms. The molecule has 0 saturated carbocycles. The van der Waals surface area contributed by atoms with Gasteiger partial charge in [-0.15, -0.1) is 11.3 Å². The molecular weight excluding hydrogens is 156 g/mol. The van der Waals surface area contributed by atoms with Crippen molar-refractivity contribution in [2.45, 2.75) is 0 Å². The smallest absolute Gasteiger partial charge is 0.152 e. The first kappa shape index (κ1) is 7.35. The molecule has 0 aliphatic carbocycles. The maximum atomic E-state index is 8.42. The Morgan fingerprint density at radius 3 is 2.73 bits per heavy atom. The fourth-order valence-electron chi connectivity index (χ4n) is 0.561. The minimum absolute atomic E-state index is 0.618. The van der Waals surface area contributed by atoms with E-state index < -0.39 is 0 Å². The average Bonchev–Trinajstić information content (AvgIpc) is 2.48. The summed E-state index contributed by atoms with van der Waals surface area (Å²) in [5, 5.41) is 18.3. The Bertz CT molecular complexity index is 392. The van der Waals surface area contributed by atoms with Gasteiger partial charge in [0.2, 0.25) is 0 Å². The molecule has 3 heteroatoms. The molecule has 0 aromatic carbocycles. The molecule has 0 radical (unpaired) electrons. The first-order chi connectivity index (χ1) is 5.36. The van der Waals surface area contributed by atoms with Crippen LogP contribution in [0.25, 0.3) is 0 Å². The van der Waals surface area contributed by atoms with Crippen LogP contribution in [0.2, 0.25) is 0 Å². The summed E-state index contributed by atoms with van der Waals surface area (Å²) in [7, 11) is 0. The summed E-state index contributed by atoms with van der Waals surface area (Å²) in [6.45, 7) is 0. The first-order valence-corrected chi connectivity index (χ1v) is 3.63. The van der Waals surface area contributed by atoms with Crippen molar-refractivity contribution in [1.82, 2.24) is 0 Å². The summed E-state index contributed by atoms with van der Waals surface area (Å²) < 4.78 is 0. The fraction of sp³-hybridized carbons (Fsp3) is 0. The minimum atomic E-state index is 0.618. The quantitative estimate of drug-likeness (QED) is 0.537. The van der Waals surface area contributed by atoms with E-state index >= 15 is 0 Å². The van der Waals surface area contributed by atoms with Crippen LogP contribution in [-0.4, -0.2) is 0 Å². The molecule has 0 N–H and O–H groups in total. The van der Waals surface area contributed by atoms with Crippen molar-refractivity contribution in [2.75, 3.05) is 0 Å². The van der Waals surface area contributed by atoms with Crippen molar-refractivity contribution in [2.24, 2.45) is 0 Å². The van der Waals surface area contributed by atoms with E-state index in [1.54, 1.807) is 17.5 Å². The predicted octanol–water partition coefficient (Wildman–Crippen LogP) is 1.49. The van der Waals surface area contributed by atoms with Crippen LogP contribution in [0.5, 0.6) is 0 Å². The van der Waals surface area contributed by atoms with Crippen molar-refractivity contribution >= 4 is 11.3 Å². The molecule has 11 heavy (non-hydrogen) atoms. The summed E-state index contributed by atoms with van der Waals surface area (Å²) in [6, 6.07) is 5.36. The van der Waals surface area contributed by atoms with Crippen LogP contribution in [0.3, 0.4) is 0 Å². The van der Waals surface area contributed by atoms with Gasteiger partial charge in [-0.25, -0.2) is 0 Å². The van der Waals surface area contributed by atoms with Gasteiger partial charge in [0.25, 0.3) is 0 Å². The minimum Gasteiger partial charge on any atom is -0.192 e. The molecule has 1 rings (SSSR count). The third kappa shape index (κ3) is 1.83. The zero-order valence-corrected chi connectivity index (χ0v) is 6.27. The number of hydrogen-bond donors (Lipinski definition) is 0. The lowest BCUT2D eigenvalue weighted by Crippen LogP contribution is -1.62. The predicted molar refractivity (Wildman–Crippen MR) is 41.5 cm³/mol. The molecule has 0 bridgehead atoms. The second-order valence-corrected chi connectivity index (χ2v) is 2.58. The van der Waals surface area contributed by atoms with Gasteiger partial charge in [-0.2, -0.15) is 10.5 Å². The van der Waals surface area contributed by atoms with Crippen LogP contribution >= 0.6 is 11.3 Å². The molecule has 1 aromatic rings. The van der Waals surface area contributed by atoms with Gasteiger partial charge in [-0.3, -0.25) is 0 Å². The van der Waals surface area contributed by atoms with Gasteiger partial charge in [0, 0.05) is 16.9 Å². The van der Waals surface area contributed by atoms with Crippen LogP contribution < -0.4 is 0 Å². The van der Waals surface area contributed by atoms with Crippen LogP contribution in [0, 0.1) is 34.5 Å². The van der Waals surface area contributed by atoms with E-state index in [9.17, 15) is 0 Å². The van der Waals surface area contributed by atoms with Crippen LogP contribution in [0.4, 0.5) is 0 Å². The third-order valence-corrected chi connectivity index (χ3v) is 1.81. The van der Waals surface area contributed by atoms with Gasteiger partial charge in [0.15, 0.2) is 6.07 Å². The number of nitrogens with zero attached hydrogens (tertiary/aromatic N) is 2. The molecule has 1 heterocycles. The van der Waals surface area contributed by atoms with Gasteiger partial charge < -0.3 is 0 Å². The number of rotatable bonds is 0. The highest BCUT2D eigenvalue weighted by molar-refractivity contribution is 7.10.